The normalized spacial score (nSPS) is 22.5. The summed E-state index contributed by atoms with van der Waals surface area (Å²) in [7, 11) is 0. The fraction of sp³-hybridized carbons (Fsp3) is 0.364. The first-order valence-corrected chi connectivity index (χ1v) is 10.6. The van der Waals surface area contributed by atoms with Crippen LogP contribution in [0.5, 0.6) is 0 Å². The number of piperidine rings is 1. The molecule has 2 fully saturated rings. The van der Waals surface area contributed by atoms with Gasteiger partial charge in [-0.05, 0) is 49.1 Å². The number of carbonyl (C=O) groups excluding carboxylic acids is 1. The Labute approximate surface area is 167 Å². The molecule has 144 valence electrons. The molecule has 0 N–H and O–H groups in total. The lowest BCUT2D eigenvalue weighted by atomic mass is 9.78. The Hall–Kier alpha value is -2.47. The zero-order valence-corrected chi connectivity index (χ0v) is 16.4. The molecular formula is C22H22FN3OS. The van der Waals surface area contributed by atoms with Crippen molar-refractivity contribution in [3.8, 4) is 0 Å². The number of nitrogens with zero attached hydrogens (tertiary/aromatic N) is 3. The smallest absolute Gasteiger partial charge is 0.230 e. The number of thiazole rings is 1. The van der Waals surface area contributed by atoms with Crippen LogP contribution in [0.1, 0.15) is 24.8 Å². The van der Waals surface area contributed by atoms with Gasteiger partial charge in [-0.3, -0.25) is 4.79 Å². The van der Waals surface area contributed by atoms with Crippen LogP contribution in [0.3, 0.4) is 0 Å². The molecule has 2 aromatic carbocycles. The number of para-hydroxylation sites is 1. The SMILES string of the molecule is O=C1N(Cc2ccc(F)cc2)CCC[C@@]12CCN(c1nc3ccccc3s1)C2. The molecule has 3 aromatic rings. The van der Waals surface area contributed by atoms with Crippen molar-refractivity contribution in [3.05, 3.63) is 59.9 Å². The summed E-state index contributed by atoms with van der Waals surface area (Å²) in [6.45, 7) is 2.95. The van der Waals surface area contributed by atoms with Gasteiger partial charge in [-0.2, -0.15) is 0 Å². The van der Waals surface area contributed by atoms with E-state index in [4.69, 9.17) is 4.98 Å². The summed E-state index contributed by atoms with van der Waals surface area (Å²) in [6.07, 6.45) is 2.83. The molecule has 0 radical (unpaired) electrons. The third kappa shape index (κ3) is 3.05. The number of halogens is 1. The number of benzene rings is 2. The molecule has 0 saturated carbocycles. The van der Waals surface area contributed by atoms with Crippen molar-refractivity contribution in [2.75, 3.05) is 24.5 Å². The molecule has 2 aliphatic heterocycles. The van der Waals surface area contributed by atoms with Crippen LogP contribution >= 0.6 is 11.3 Å². The average molecular weight is 396 g/mol. The summed E-state index contributed by atoms with van der Waals surface area (Å²) in [6, 6.07) is 14.6. The molecule has 2 saturated heterocycles. The van der Waals surface area contributed by atoms with Gasteiger partial charge in [0.15, 0.2) is 5.13 Å². The van der Waals surface area contributed by atoms with E-state index >= 15 is 0 Å². The van der Waals surface area contributed by atoms with Gasteiger partial charge in [0.05, 0.1) is 15.6 Å². The summed E-state index contributed by atoms with van der Waals surface area (Å²) < 4.78 is 14.4. The van der Waals surface area contributed by atoms with Gasteiger partial charge in [0.25, 0.3) is 0 Å². The molecule has 4 nitrogen and oxygen atoms in total. The molecule has 1 spiro atoms. The minimum Gasteiger partial charge on any atom is -0.347 e. The zero-order valence-electron chi connectivity index (χ0n) is 15.6. The first kappa shape index (κ1) is 17.6. The second-order valence-corrected chi connectivity index (χ2v) is 8.88. The summed E-state index contributed by atoms with van der Waals surface area (Å²) in [5.74, 6) is -0.000790. The standard InChI is InChI=1S/C22H22FN3OS/c23-17-8-6-16(7-9-17)14-25-12-3-10-22(20(25)27)11-13-26(15-22)21-24-18-4-1-2-5-19(18)28-21/h1-2,4-9H,3,10-15H2/t22-/m0/s1. The molecule has 6 heteroatoms. The van der Waals surface area contributed by atoms with Gasteiger partial charge >= 0.3 is 0 Å². The molecule has 1 aromatic heterocycles. The second-order valence-electron chi connectivity index (χ2n) is 7.87. The van der Waals surface area contributed by atoms with Crippen LogP contribution in [0.2, 0.25) is 0 Å². The van der Waals surface area contributed by atoms with E-state index in [0.717, 1.165) is 55.1 Å². The van der Waals surface area contributed by atoms with Gasteiger partial charge < -0.3 is 9.80 Å². The van der Waals surface area contributed by atoms with Crippen LogP contribution in [0, 0.1) is 11.2 Å². The van der Waals surface area contributed by atoms with Crippen LogP contribution < -0.4 is 4.90 Å². The van der Waals surface area contributed by atoms with Gasteiger partial charge in [0.2, 0.25) is 5.91 Å². The van der Waals surface area contributed by atoms with E-state index in [1.165, 1.54) is 16.8 Å². The maximum absolute atomic E-state index is 13.4. The highest BCUT2D eigenvalue weighted by Crippen LogP contribution is 2.43. The maximum Gasteiger partial charge on any atom is 0.230 e. The predicted octanol–water partition coefficient (Wildman–Crippen LogP) is 4.45. The van der Waals surface area contributed by atoms with Crippen molar-refractivity contribution < 1.29 is 9.18 Å². The Kier molecular flexibility index (Phi) is 4.31. The summed E-state index contributed by atoms with van der Waals surface area (Å²) >= 11 is 1.70. The number of hydrogen-bond donors (Lipinski definition) is 0. The number of aromatic nitrogens is 1. The largest absolute Gasteiger partial charge is 0.347 e. The quantitative estimate of drug-likeness (QED) is 0.657. The fourth-order valence-electron chi connectivity index (χ4n) is 4.52. The Morgan fingerprint density at radius 3 is 2.71 bits per heavy atom. The van der Waals surface area contributed by atoms with Gasteiger partial charge in [-0.25, -0.2) is 9.37 Å². The first-order valence-electron chi connectivity index (χ1n) is 9.77. The molecule has 1 amide bonds. The van der Waals surface area contributed by atoms with E-state index in [1.807, 2.05) is 23.1 Å². The van der Waals surface area contributed by atoms with Crippen molar-refractivity contribution in [1.29, 1.82) is 0 Å². The van der Waals surface area contributed by atoms with Crippen LogP contribution in [-0.2, 0) is 11.3 Å². The first-order chi connectivity index (χ1) is 13.6. The molecule has 28 heavy (non-hydrogen) atoms. The molecule has 0 aliphatic carbocycles. The third-order valence-corrected chi connectivity index (χ3v) is 7.12. The van der Waals surface area contributed by atoms with Crippen molar-refractivity contribution >= 4 is 32.6 Å². The van der Waals surface area contributed by atoms with Crippen molar-refractivity contribution in [2.24, 2.45) is 5.41 Å². The third-order valence-electron chi connectivity index (χ3n) is 6.02. The minimum absolute atomic E-state index is 0.242. The molecule has 0 bridgehead atoms. The van der Waals surface area contributed by atoms with Crippen molar-refractivity contribution in [2.45, 2.75) is 25.8 Å². The monoisotopic (exact) mass is 395 g/mol. The van der Waals surface area contributed by atoms with E-state index in [1.54, 1.807) is 23.5 Å². The second kappa shape index (κ2) is 6.85. The van der Waals surface area contributed by atoms with E-state index in [2.05, 4.69) is 11.0 Å². The molecule has 2 aliphatic rings. The Morgan fingerprint density at radius 2 is 1.89 bits per heavy atom. The van der Waals surface area contributed by atoms with E-state index in [9.17, 15) is 9.18 Å². The highest BCUT2D eigenvalue weighted by molar-refractivity contribution is 7.22. The topological polar surface area (TPSA) is 36.4 Å². The number of carbonyl (C=O) groups is 1. The fourth-order valence-corrected chi connectivity index (χ4v) is 5.51. The van der Waals surface area contributed by atoms with E-state index in [-0.39, 0.29) is 17.1 Å². The number of rotatable bonds is 3. The molecule has 1 atom stereocenters. The summed E-state index contributed by atoms with van der Waals surface area (Å²) in [5, 5.41) is 1.02. The van der Waals surface area contributed by atoms with Crippen LogP contribution in [0.15, 0.2) is 48.5 Å². The Bertz CT molecular complexity index is 985. The van der Waals surface area contributed by atoms with E-state index in [0.29, 0.717) is 6.54 Å². The van der Waals surface area contributed by atoms with Crippen LogP contribution in [0.4, 0.5) is 9.52 Å². The predicted molar refractivity (Wildman–Crippen MR) is 110 cm³/mol. The number of anilines is 1. The summed E-state index contributed by atoms with van der Waals surface area (Å²) in [4.78, 5) is 22.4. The minimum atomic E-state index is -0.309. The lowest BCUT2D eigenvalue weighted by molar-refractivity contribution is -0.145. The number of fused-ring (bicyclic) bond motifs is 1. The van der Waals surface area contributed by atoms with Crippen molar-refractivity contribution in [1.82, 2.24) is 9.88 Å². The lowest BCUT2D eigenvalue weighted by Crippen LogP contribution is -2.49. The Balaban J connectivity index is 1.34. The van der Waals surface area contributed by atoms with Gasteiger partial charge in [0.1, 0.15) is 5.82 Å². The Morgan fingerprint density at radius 1 is 1.07 bits per heavy atom. The maximum atomic E-state index is 13.4. The lowest BCUT2D eigenvalue weighted by Gasteiger charge is -2.39. The molecular weight excluding hydrogens is 373 g/mol. The van der Waals surface area contributed by atoms with Gasteiger partial charge in [-0.1, -0.05) is 35.6 Å². The molecule has 3 heterocycles. The van der Waals surface area contributed by atoms with Crippen LogP contribution in [-0.4, -0.2) is 35.4 Å². The molecule has 5 rings (SSSR count). The number of hydrogen-bond acceptors (Lipinski definition) is 4. The highest BCUT2D eigenvalue weighted by atomic mass is 32.1. The van der Waals surface area contributed by atoms with Crippen LogP contribution in [0.25, 0.3) is 10.2 Å². The van der Waals surface area contributed by atoms with Gasteiger partial charge in [-0.15, -0.1) is 0 Å². The summed E-state index contributed by atoms with van der Waals surface area (Å²) in [5.41, 5.74) is 1.69. The van der Waals surface area contributed by atoms with Crippen molar-refractivity contribution in [3.63, 3.8) is 0 Å². The number of amides is 1. The molecule has 0 unspecified atom stereocenters. The van der Waals surface area contributed by atoms with Gasteiger partial charge in [0, 0.05) is 26.2 Å². The highest BCUT2D eigenvalue weighted by Gasteiger charge is 2.48. The van der Waals surface area contributed by atoms with E-state index < -0.39 is 0 Å². The average Bonchev–Trinajstić information content (AvgIpc) is 3.32. The number of likely N-dealkylation sites (tertiary alicyclic amines) is 1. The zero-order chi connectivity index (χ0) is 19.1.